The lowest BCUT2D eigenvalue weighted by molar-refractivity contribution is -0.143. The highest BCUT2D eigenvalue weighted by molar-refractivity contribution is 9.10. The third-order valence-corrected chi connectivity index (χ3v) is 3.03. The highest BCUT2D eigenvalue weighted by atomic mass is 79.9. The zero-order valence-electron chi connectivity index (χ0n) is 9.01. The summed E-state index contributed by atoms with van der Waals surface area (Å²) >= 11 is 3.29. The maximum atomic E-state index is 11.6. The molecule has 4 amide bonds. The second-order valence-corrected chi connectivity index (χ2v) is 4.58. The molecule has 0 unspecified atom stereocenters. The van der Waals surface area contributed by atoms with Gasteiger partial charge in [0.2, 0.25) is 0 Å². The Balaban J connectivity index is 2.19. The van der Waals surface area contributed by atoms with E-state index in [0.29, 0.717) is 0 Å². The van der Waals surface area contributed by atoms with Gasteiger partial charge in [0.05, 0.1) is 6.54 Å². The number of halogens is 1. The van der Waals surface area contributed by atoms with E-state index in [9.17, 15) is 14.4 Å². The molecule has 1 aromatic rings. The fourth-order valence-electron chi connectivity index (χ4n) is 1.53. The average molecular weight is 297 g/mol. The Labute approximate surface area is 106 Å². The van der Waals surface area contributed by atoms with Gasteiger partial charge in [0.25, 0.3) is 0 Å². The van der Waals surface area contributed by atoms with Crippen molar-refractivity contribution in [1.82, 2.24) is 9.80 Å². The maximum Gasteiger partial charge on any atom is 0.334 e. The maximum absolute atomic E-state index is 11.6. The lowest BCUT2D eigenvalue weighted by Gasteiger charge is -2.12. The van der Waals surface area contributed by atoms with Crippen molar-refractivity contribution in [2.45, 2.75) is 6.54 Å². The topological polar surface area (TPSA) is 57.7 Å². The molecule has 0 N–H and O–H groups in total. The molecule has 6 heteroatoms. The molecule has 88 valence electrons. The van der Waals surface area contributed by atoms with Crippen LogP contribution in [-0.2, 0) is 16.1 Å². The van der Waals surface area contributed by atoms with Crippen molar-refractivity contribution < 1.29 is 14.4 Å². The van der Waals surface area contributed by atoms with E-state index in [1.54, 1.807) is 12.1 Å². The Morgan fingerprint density at radius 2 is 1.65 bits per heavy atom. The van der Waals surface area contributed by atoms with Crippen molar-refractivity contribution in [2.75, 3.05) is 7.05 Å². The highest BCUT2D eigenvalue weighted by Gasteiger charge is 2.41. The molecule has 0 spiro atoms. The smallest absolute Gasteiger partial charge is 0.263 e. The van der Waals surface area contributed by atoms with Crippen molar-refractivity contribution in [2.24, 2.45) is 0 Å². The van der Waals surface area contributed by atoms with E-state index in [0.717, 1.165) is 19.8 Å². The Morgan fingerprint density at radius 1 is 1.06 bits per heavy atom. The van der Waals surface area contributed by atoms with Crippen molar-refractivity contribution in [3.63, 3.8) is 0 Å². The molecule has 0 saturated carbocycles. The third-order valence-electron chi connectivity index (χ3n) is 2.50. The van der Waals surface area contributed by atoms with Crippen LogP contribution in [0, 0.1) is 0 Å². The molecule has 0 radical (unpaired) electrons. The summed E-state index contributed by atoms with van der Waals surface area (Å²) in [7, 11) is 1.30. The normalized spacial score (nSPS) is 16.0. The standard InChI is InChI=1S/C11H9BrN2O3/c1-13-9(15)10(16)14(11(13)17)6-7-2-4-8(12)5-3-7/h2-5H,6H2,1H3. The van der Waals surface area contributed by atoms with Crippen LogP contribution in [0.3, 0.4) is 0 Å². The molecule has 1 saturated heterocycles. The number of imide groups is 2. The van der Waals surface area contributed by atoms with Gasteiger partial charge in [-0.15, -0.1) is 0 Å². The number of amides is 4. The van der Waals surface area contributed by atoms with Gasteiger partial charge in [-0.1, -0.05) is 28.1 Å². The molecule has 1 heterocycles. The van der Waals surface area contributed by atoms with E-state index in [4.69, 9.17) is 0 Å². The number of carbonyl (C=O) groups is 3. The van der Waals surface area contributed by atoms with Crippen LogP contribution in [0.2, 0.25) is 0 Å². The van der Waals surface area contributed by atoms with Crippen LogP contribution in [0.4, 0.5) is 4.79 Å². The van der Waals surface area contributed by atoms with Crippen molar-refractivity contribution in [3.05, 3.63) is 34.3 Å². The molecule has 0 aromatic heterocycles. The minimum absolute atomic E-state index is 0.112. The van der Waals surface area contributed by atoms with E-state index < -0.39 is 17.8 Å². The summed E-state index contributed by atoms with van der Waals surface area (Å²) < 4.78 is 0.911. The predicted octanol–water partition coefficient (Wildman–Crippen LogP) is 1.37. The second kappa shape index (κ2) is 4.29. The SMILES string of the molecule is CN1C(=O)C(=O)N(Cc2ccc(Br)cc2)C1=O. The monoisotopic (exact) mass is 296 g/mol. The van der Waals surface area contributed by atoms with E-state index in [1.807, 2.05) is 12.1 Å². The van der Waals surface area contributed by atoms with Gasteiger partial charge in [0, 0.05) is 11.5 Å². The van der Waals surface area contributed by atoms with E-state index in [2.05, 4.69) is 15.9 Å². The van der Waals surface area contributed by atoms with E-state index in [-0.39, 0.29) is 6.54 Å². The molecule has 1 aliphatic rings. The molecule has 2 rings (SSSR count). The van der Waals surface area contributed by atoms with Crippen LogP contribution in [0.25, 0.3) is 0 Å². The Kier molecular flexibility index (Phi) is 2.97. The van der Waals surface area contributed by atoms with Gasteiger partial charge in [-0.05, 0) is 17.7 Å². The first-order valence-electron chi connectivity index (χ1n) is 4.88. The van der Waals surface area contributed by atoms with E-state index in [1.165, 1.54) is 7.05 Å². The van der Waals surface area contributed by atoms with Gasteiger partial charge < -0.3 is 0 Å². The quantitative estimate of drug-likeness (QED) is 0.612. The predicted molar refractivity (Wildman–Crippen MR) is 62.9 cm³/mol. The zero-order chi connectivity index (χ0) is 12.6. The first-order valence-corrected chi connectivity index (χ1v) is 5.68. The van der Waals surface area contributed by atoms with Crippen LogP contribution >= 0.6 is 15.9 Å². The number of nitrogens with zero attached hydrogens (tertiary/aromatic N) is 2. The van der Waals surface area contributed by atoms with E-state index >= 15 is 0 Å². The fraction of sp³-hybridized carbons (Fsp3) is 0.182. The summed E-state index contributed by atoms with van der Waals surface area (Å²) in [5.41, 5.74) is 0.790. The van der Waals surface area contributed by atoms with Gasteiger partial charge in [0.1, 0.15) is 0 Å². The molecule has 17 heavy (non-hydrogen) atoms. The summed E-state index contributed by atoms with van der Waals surface area (Å²) in [5, 5.41) is 0. The summed E-state index contributed by atoms with van der Waals surface area (Å²) in [6, 6.07) is 6.61. The lowest BCUT2D eigenvalue weighted by atomic mass is 10.2. The van der Waals surface area contributed by atoms with Crippen molar-refractivity contribution >= 4 is 33.8 Å². The number of likely N-dealkylation sites (N-methyl/N-ethyl adjacent to an activating group) is 1. The number of urea groups is 1. The van der Waals surface area contributed by atoms with Crippen LogP contribution in [0.15, 0.2) is 28.7 Å². The molecular weight excluding hydrogens is 288 g/mol. The zero-order valence-corrected chi connectivity index (χ0v) is 10.6. The molecule has 0 bridgehead atoms. The summed E-state index contributed by atoms with van der Waals surface area (Å²) in [5.74, 6) is -1.56. The minimum atomic E-state index is -0.785. The summed E-state index contributed by atoms with van der Waals surface area (Å²) in [4.78, 5) is 36.1. The fourth-order valence-corrected chi connectivity index (χ4v) is 1.79. The first-order chi connectivity index (χ1) is 8.00. The first kappa shape index (κ1) is 11.8. The number of benzene rings is 1. The average Bonchev–Trinajstić information content (AvgIpc) is 2.50. The second-order valence-electron chi connectivity index (χ2n) is 3.66. The van der Waals surface area contributed by atoms with Crippen LogP contribution < -0.4 is 0 Å². The van der Waals surface area contributed by atoms with Gasteiger partial charge in [0.15, 0.2) is 0 Å². The summed E-state index contributed by atoms with van der Waals surface area (Å²) in [6.07, 6.45) is 0. The number of hydrogen-bond donors (Lipinski definition) is 0. The molecule has 1 aliphatic heterocycles. The molecule has 1 aromatic carbocycles. The Morgan fingerprint density at radius 3 is 2.12 bits per heavy atom. The van der Waals surface area contributed by atoms with Gasteiger partial charge in [-0.25, -0.2) is 4.79 Å². The highest BCUT2D eigenvalue weighted by Crippen LogP contribution is 2.16. The number of carbonyl (C=O) groups excluding carboxylic acids is 3. The van der Waals surface area contributed by atoms with Crippen molar-refractivity contribution in [3.8, 4) is 0 Å². The van der Waals surface area contributed by atoms with Gasteiger partial charge in [-0.2, -0.15) is 0 Å². The third kappa shape index (κ3) is 2.08. The molecule has 0 aliphatic carbocycles. The van der Waals surface area contributed by atoms with Crippen LogP contribution in [0.1, 0.15) is 5.56 Å². The molecular formula is C11H9BrN2O3. The minimum Gasteiger partial charge on any atom is -0.263 e. The number of hydrogen-bond acceptors (Lipinski definition) is 3. The molecule has 5 nitrogen and oxygen atoms in total. The van der Waals surface area contributed by atoms with Crippen molar-refractivity contribution in [1.29, 1.82) is 0 Å². The van der Waals surface area contributed by atoms with Gasteiger partial charge in [-0.3, -0.25) is 19.4 Å². The largest absolute Gasteiger partial charge is 0.334 e. The Hall–Kier alpha value is -1.69. The summed E-state index contributed by atoms with van der Waals surface area (Å²) in [6.45, 7) is 0.112. The lowest BCUT2D eigenvalue weighted by Crippen LogP contribution is -2.30. The Bertz CT molecular complexity index is 498. The molecule has 1 fully saturated rings. The van der Waals surface area contributed by atoms with Gasteiger partial charge >= 0.3 is 17.8 Å². The number of rotatable bonds is 2. The molecule has 0 atom stereocenters. The van der Waals surface area contributed by atoms with Crippen LogP contribution in [-0.4, -0.2) is 34.7 Å². The van der Waals surface area contributed by atoms with Crippen LogP contribution in [0.5, 0.6) is 0 Å².